The Kier molecular flexibility index (Phi) is 5.22. The summed E-state index contributed by atoms with van der Waals surface area (Å²) in [6, 6.07) is 7.27. The van der Waals surface area contributed by atoms with Crippen molar-refractivity contribution in [2.45, 2.75) is 32.4 Å². The SMILES string of the molecule is Cc1cn(-c2ccc3n(c2=O)CCN([C@@H](C)COc2cccc4c2C(F)(F)C=CO4)C3=O)cn1. The quantitative estimate of drug-likeness (QED) is 0.575. The molecule has 5 rings (SSSR count). The van der Waals surface area contributed by atoms with Crippen molar-refractivity contribution in [1.29, 1.82) is 0 Å². The Labute approximate surface area is 193 Å². The number of allylic oxidation sites excluding steroid dienone is 1. The van der Waals surface area contributed by atoms with Gasteiger partial charge in [0, 0.05) is 25.4 Å². The molecule has 2 aliphatic heterocycles. The highest BCUT2D eigenvalue weighted by molar-refractivity contribution is 5.93. The maximum absolute atomic E-state index is 14.4. The average molecular weight is 468 g/mol. The molecule has 0 unspecified atom stereocenters. The zero-order chi connectivity index (χ0) is 24.0. The van der Waals surface area contributed by atoms with E-state index in [-0.39, 0.29) is 47.4 Å². The lowest BCUT2D eigenvalue weighted by atomic mass is 10.0. The molecule has 0 saturated heterocycles. The van der Waals surface area contributed by atoms with Crippen LogP contribution in [0.5, 0.6) is 11.5 Å². The van der Waals surface area contributed by atoms with E-state index in [1.165, 1.54) is 16.7 Å². The first-order valence-electron chi connectivity index (χ1n) is 10.8. The van der Waals surface area contributed by atoms with Crippen LogP contribution in [-0.4, -0.2) is 44.1 Å². The van der Waals surface area contributed by atoms with E-state index in [0.29, 0.717) is 18.3 Å². The largest absolute Gasteiger partial charge is 0.491 e. The van der Waals surface area contributed by atoms with E-state index in [9.17, 15) is 18.4 Å². The average Bonchev–Trinajstić information content (AvgIpc) is 3.24. The standard InChI is InChI=1S/C24H22F2N4O4/c1-15-12-28(14-27-15)17-6-7-18-23(32)29(9-10-30(18)22(17)31)16(2)13-34-20-5-3-4-19-21(20)24(25,26)8-11-33-19/h3-8,11-12,14,16H,9-10,13H2,1-2H3/t16-/m0/s1. The molecule has 0 bridgehead atoms. The number of benzene rings is 1. The van der Waals surface area contributed by atoms with Crippen LogP contribution in [0.1, 0.15) is 28.7 Å². The smallest absolute Gasteiger partial charge is 0.302 e. The topological polar surface area (TPSA) is 78.6 Å². The summed E-state index contributed by atoms with van der Waals surface area (Å²) in [5.41, 5.74) is 0.837. The van der Waals surface area contributed by atoms with Gasteiger partial charge in [0.05, 0.1) is 24.3 Å². The molecule has 0 fully saturated rings. The van der Waals surface area contributed by atoms with Gasteiger partial charge in [-0.1, -0.05) is 6.07 Å². The Morgan fingerprint density at radius 1 is 1.21 bits per heavy atom. The third-order valence-electron chi connectivity index (χ3n) is 5.99. The Morgan fingerprint density at radius 3 is 2.79 bits per heavy atom. The first-order valence-corrected chi connectivity index (χ1v) is 10.8. The molecular weight excluding hydrogens is 446 g/mol. The van der Waals surface area contributed by atoms with E-state index in [1.54, 1.807) is 47.1 Å². The molecule has 3 aromatic rings. The van der Waals surface area contributed by atoms with Crippen LogP contribution < -0.4 is 15.0 Å². The van der Waals surface area contributed by atoms with Crippen LogP contribution in [0.25, 0.3) is 5.69 Å². The molecule has 1 atom stereocenters. The second-order valence-corrected chi connectivity index (χ2v) is 8.31. The lowest BCUT2D eigenvalue weighted by molar-refractivity contribution is 0.0363. The first kappa shape index (κ1) is 21.9. The molecule has 0 N–H and O–H groups in total. The van der Waals surface area contributed by atoms with Gasteiger partial charge in [0.2, 0.25) is 0 Å². The molecular formula is C24H22F2N4O4. The summed E-state index contributed by atoms with van der Waals surface area (Å²) < 4.78 is 42.8. The number of carbonyl (C=O) groups is 1. The van der Waals surface area contributed by atoms with Gasteiger partial charge in [-0.2, -0.15) is 8.78 Å². The lowest BCUT2D eigenvalue weighted by Crippen LogP contribution is -2.50. The van der Waals surface area contributed by atoms with Crippen LogP contribution in [0.15, 0.2) is 60.0 Å². The number of imidazole rings is 1. The van der Waals surface area contributed by atoms with Gasteiger partial charge in [0.15, 0.2) is 0 Å². The summed E-state index contributed by atoms with van der Waals surface area (Å²) in [6.07, 6.45) is 4.93. The molecule has 0 saturated carbocycles. The van der Waals surface area contributed by atoms with Gasteiger partial charge in [0.25, 0.3) is 11.5 Å². The summed E-state index contributed by atoms with van der Waals surface area (Å²) in [5.74, 6) is -3.51. The van der Waals surface area contributed by atoms with Gasteiger partial charge in [-0.05, 0) is 38.1 Å². The summed E-state index contributed by atoms with van der Waals surface area (Å²) in [5, 5.41) is 0. The predicted molar refractivity (Wildman–Crippen MR) is 119 cm³/mol. The van der Waals surface area contributed by atoms with Crippen molar-refractivity contribution < 1.29 is 23.0 Å². The summed E-state index contributed by atoms with van der Waals surface area (Å²) in [7, 11) is 0. The van der Waals surface area contributed by atoms with Gasteiger partial charge in [-0.3, -0.25) is 9.59 Å². The van der Waals surface area contributed by atoms with E-state index in [2.05, 4.69) is 4.98 Å². The molecule has 1 aromatic carbocycles. The van der Waals surface area contributed by atoms with Crippen LogP contribution in [0, 0.1) is 6.92 Å². The zero-order valence-electron chi connectivity index (χ0n) is 18.6. The van der Waals surface area contributed by atoms with E-state index >= 15 is 0 Å². The third kappa shape index (κ3) is 3.64. The van der Waals surface area contributed by atoms with Crippen LogP contribution in [-0.2, 0) is 12.5 Å². The number of halogens is 2. The Balaban J connectivity index is 1.34. The number of hydrogen-bond acceptors (Lipinski definition) is 5. The van der Waals surface area contributed by atoms with Crippen LogP contribution in [0.2, 0.25) is 0 Å². The molecule has 0 aliphatic carbocycles. The van der Waals surface area contributed by atoms with Gasteiger partial charge >= 0.3 is 5.92 Å². The minimum absolute atomic E-state index is 0.0000420. The van der Waals surface area contributed by atoms with Crippen molar-refractivity contribution in [3.63, 3.8) is 0 Å². The molecule has 8 nitrogen and oxygen atoms in total. The minimum Gasteiger partial charge on any atom is -0.491 e. The summed E-state index contributed by atoms with van der Waals surface area (Å²) in [6.45, 7) is 4.20. The molecule has 2 aliphatic rings. The molecule has 34 heavy (non-hydrogen) atoms. The fraction of sp³-hybridized carbons (Fsp3) is 0.292. The first-order chi connectivity index (χ1) is 16.3. The van der Waals surface area contributed by atoms with Crippen LogP contribution >= 0.6 is 0 Å². The van der Waals surface area contributed by atoms with Gasteiger partial charge in [-0.25, -0.2) is 4.98 Å². The Bertz CT molecular complexity index is 1360. The van der Waals surface area contributed by atoms with Crippen molar-refractivity contribution in [3.05, 3.63) is 82.5 Å². The van der Waals surface area contributed by atoms with E-state index in [0.717, 1.165) is 12.0 Å². The second kappa shape index (κ2) is 8.12. The number of amides is 1. The fourth-order valence-corrected chi connectivity index (χ4v) is 4.24. The van der Waals surface area contributed by atoms with E-state index in [1.807, 2.05) is 6.92 Å². The summed E-state index contributed by atoms with van der Waals surface area (Å²) >= 11 is 0. The number of fused-ring (bicyclic) bond motifs is 2. The van der Waals surface area contributed by atoms with Crippen LogP contribution in [0.4, 0.5) is 8.78 Å². The number of ether oxygens (including phenoxy) is 2. The molecule has 1 amide bonds. The van der Waals surface area contributed by atoms with E-state index < -0.39 is 12.0 Å². The number of rotatable bonds is 5. The number of alkyl halides is 2. The molecule has 2 aromatic heterocycles. The highest BCUT2D eigenvalue weighted by Gasteiger charge is 2.38. The van der Waals surface area contributed by atoms with Gasteiger partial charge in [-0.15, -0.1) is 0 Å². The lowest BCUT2D eigenvalue weighted by Gasteiger charge is -2.34. The monoisotopic (exact) mass is 468 g/mol. The minimum atomic E-state index is -3.22. The predicted octanol–water partition coefficient (Wildman–Crippen LogP) is 3.26. The Morgan fingerprint density at radius 2 is 2.03 bits per heavy atom. The van der Waals surface area contributed by atoms with Crippen molar-refractivity contribution in [1.82, 2.24) is 19.0 Å². The van der Waals surface area contributed by atoms with Gasteiger partial charge < -0.3 is 23.5 Å². The number of pyridine rings is 1. The number of hydrogen-bond donors (Lipinski definition) is 0. The second-order valence-electron chi connectivity index (χ2n) is 8.31. The number of nitrogens with zero attached hydrogens (tertiary/aromatic N) is 4. The van der Waals surface area contributed by atoms with Crippen molar-refractivity contribution in [2.24, 2.45) is 0 Å². The number of aromatic nitrogens is 3. The zero-order valence-corrected chi connectivity index (χ0v) is 18.6. The van der Waals surface area contributed by atoms with Crippen LogP contribution in [0.3, 0.4) is 0 Å². The molecule has 176 valence electrons. The van der Waals surface area contributed by atoms with Crippen molar-refractivity contribution in [3.8, 4) is 17.2 Å². The number of aryl methyl sites for hydroxylation is 1. The molecule has 10 heteroatoms. The maximum atomic E-state index is 14.4. The Hall–Kier alpha value is -3.95. The highest BCUT2D eigenvalue weighted by Crippen LogP contribution is 2.44. The van der Waals surface area contributed by atoms with E-state index in [4.69, 9.17) is 9.47 Å². The molecule has 0 spiro atoms. The fourth-order valence-electron chi connectivity index (χ4n) is 4.24. The third-order valence-corrected chi connectivity index (χ3v) is 5.99. The molecule has 0 radical (unpaired) electrons. The normalized spacial score (nSPS) is 17.1. The van der Waals surface area contributed by atoms with Gasteiger partial charge in [0.1, 0.15) is 35.1 Å². The van der Waals surface area contributed by atoms with Crippen molar-refractivity contribution >= 4 is 5.91 Å². The highest BCUT2D eigenvalue weighted by atomic mass is 19.3. The van der Waals surface area contributed by atoms with Crippen molar-refractivity contribution in [2.75, 3.05) is 13.2 Å². The maximum Gasteiger partial charge on any atom is 0.302 e. The summed E-state index contributed by atoms with van der Waals surface area (Å²) in [4.78, 5) is 31.9. The molecule has 4 heterocycles. The number of carbonyl (C=O) groups excluding carboxylic acids is 1.